The van der Waals surface area contributed by atoms with Gasteiger partial charge in [-0.1, -0.05) is 0 Å². The molecular weight excluding hydrogens is 388 g/mol. The lowest BCUT2D eigenvalue weighted by molar-refractivity contribution is -0.125. The summed E-state index contributed by atoms with van der Waals surface area (Å²) in [5, 5.41) is 12.2. The molecule has 2 fully saturated rings. The summed E-state index contributed by atoms with van der Waals surface area (Å²) in [7, 11) is 0. The third-order valence-corrected chi connectivity index (χ3v) is 6.04. The number of halogens is 2. The summed E-state index contributed by atoms with van der Waals surface area (Å²) in [6, 6.07) is 0.830. The van der Waals surface area contributed by atoms with Gasteiger partial charge in [0, 0.05) is 34.5 Å². The molecule has 3 rings (SSSR count). The molecule has 0 unspecified atom stereocenters. The van der Waals surface area contributed by atoms with Gasteiger partial charge in [-0.3, -0.25) is 9.69 Å². The van der Waals surface area contributed by atoms with Crippen LogP contribution in [0.5, 0.6) is 0 Å². The Morgan fingerprint density at radius 1 is 1.43 bits per heavy atom. The Bertz CT molecular complexity index is 818. The molecule has 1 aromatic rings. The summed E-state index contributed by atoms with van der Waals surface area (Å²) in [5.41, 5.74) is -0.891. The zero-order valence-electron chi connectivity index (χ0n) is 16.4. The Hall–Kier alpha value is -2.03. The van der Waals surface area contributed by atoms with E-state index in [9.17, 15) is 18.4 Å². The summed E-state index contributed by atoms with van der Waals surface area (Å²) < 4.78 is 33.1. The highest BCUT2D eigenvalue weighted by molar-refractivity contribution is 7.10. The number of hydrogen-bond acceptors (Lipinski definition) is 5. The van der Waals surface area contributed by atoms with Gasteiger partial charge >= 0.3 is 6.09 Å². The molecule has 1 saturated heterocycles. The van der Waals surface area contributed by atoms with Gasteiger partial charge in [-0.2, -0.15) is 0 Å². The van der Waals surface area contributed by atoms with Crippen LogP contribution < -0.4 is 5.32 Å². The molecule has 1 spiro atoms. The normalized spacial score (nSPS) is 25.6. The molecule has 1 saturated carbocycles. The molecule has 154 valence electrons. The summed E-state index contributed by atoms with van der Waals surface area (Å²) in [6.45, 7) is 6.80. The van der Waals surface area contributed by atoms with Crippen LogP contribution in [0, 0.1) is 10.8 Å². The van der Waals surface area contributed by atoms with Crippen molar-refractivity contribution >= 4 is 29.0 Å². The number of likely N-dealkylation sites (tertiary alicyclic amines) is 1. The number of nitrogens with zero attached hydrogens (tertiary/aromatic N) is 1. The van der Waals surface area contributed by atoms with Crippen molar-refractivity contribution in [1.29, 1.82) is 5.41 Å². The predicted octanol–water partition coefficient (Wildman–Crippen LogP) is 3.79. The number of alkyl halides is 2. The molecule has 0 radical (unpaired) electrons. The first-order chi connectivity index (χ1) is 12.8. The first kappa shape index (κ1) is 20.7. The zero-order valence-corrected chi connectivity index (χ0v) is 17.2. The van der Waals surface area contributed by atoms with E-state index in [0.29, 0.717) is 5.71 Å². The molecule has 2 heterocycles. The number of amides is 2. The van der Waals surface area contributed by atoms with E-state index >= 15 is 0 Å². The maximum absolute atomic E-state index is 13.9. The third-order valence-electron chi connectivity index (χ3n) is 5.10. The lowest BCUT2D eigenvalue weighted by atomic mass is 10.0. The summed E-state index contributed by atoms with van der Waals surface area (Å²) in [5.74, 6) is -3.32. The molecule has 2 atom stereocenters. The van der Waals surface area contributed by atoms with Crippen molar-refractivity contribution in [2.75, 3.05) is 6.54 Å². The number of ether oxygens (including phenoxy) is 1. The van der Waals surface area contributed by atoms with E-state index in [1.807, 2.05) is 11.4 Å². The molecule has 1 aliphatic carbocycles. The summed E-state index contributed by atoms with van der Waals surface area (Å²) in [6.07, 6.45) is -1.12. The summed E-state index contributed by atoms with van der Waals surface area (Å²) in [4.78, 5) is 27.2. The molecule has 2 aliphatic rings. The van der Waals surface area contributed by atoms with Gasteiger partial charge in [-0.05, 0) is 40.2 Å². The number of hydrogen-bond donors (Lipinski definition) is 2. The Labute approximate surface area is 166 Å². The Morgan fingerprint density at radius 2 is 2.07 bits per heavy atom. The number of carbonyl (C=O) groups is 2. The standard InChI is InChI=1S/C19H25F2N3O3S/c1-11(22)12-5-13(28-8-12)7-23-15(25)14-6-18(9-19(18,20)21)10-24(14)16(26)27-17(2,3)4/h5,8,14,22H,6-7,9-10H2,1-4H3,(H,23,25)/t14-,18+/m0/s1. The zero-order chi connectivity index (χ0) is 20.9. The van der Waals surface area contributed by atoms with Crippen molar-refractivity contribution in [2.24, 2.45) is 5.41 Å². The number of rotatable bonds is 4. The highest BCUT2D eigenvalue weighted by Gasteiger charge is 2.75. The van der Waals surface area contributed by atoms with Crippen molar-refractivity contribution in [3.8, 4) is 0 Å². The van der Waals surface area contributed by atoms with Crippen molar-refractivity contribution in [3.63, 3.8) is 0 Å². The van der Waals surface area contributed by atoms with Crippen LogP contribution >= 0.6 is 11.3 Å². The monoisotopic (exact) mass is 413 g/mol. The van der Waals surface area contributed by atoms with Crippen molar-refractivity contribution in [1.82, 2.24) is 10.2 Å². The van der Waals surface area contributed by atoms with Gasteiger partial charge in [-0.25, -0.2) is 13.6 Å². The van der Waals surface area contributed by atoms with Crippen LogP contribution in [0.1, 0.15) is 51.0 Å². The van der Waals surface area contributed by atoms with Gasteiger partial charge < -0.3 is 15.5 Å². The minimum absolute atomic E-state index is 0.0691. The van der Waals surface area contributed by atoms with Crippen molar-refractivity contribution in [2.45, 2.75) is 64.6 Å². The molecule has 6 nitrogen and oxygen atoms in total. The van der Waals surface area contributed by atoms with Crippen LogP contribution in [0.15, 0.2) is 11.4 Å². The van der Waals surface area contributed by atoms with Gasteiger partial charge in [0.15, 0.2) is 0 Å². The van der Waals surface area contributed by atoms with E-state index in [1.54, 1.807) is 27.7 Å². The van der Waals surface area contributed by atoms with Crippen LogP contribution in [0.4, 0.5) is 13.6 Å². The molecule has 0 bridgehead atoms. The third kappa shape index (κ3) is 4.04. The lowest BCUT2D eigenvalue weighted by Gasteiger charge is -2.28. The molecule has 28 heavy (non-hydrogen) atoms. The van der Waals surface area contributed by atoms with Gasteiger partial charge in [-0.15, -0.1) is 11.3 Å². The number of thiophene rings is 1. The van der Waals surface area contributed by atoms with Gasteiger partial charge in [0.1, 0.15) is 11.6 Å². The van der Waals surface area contributed by atoms with Crippen molar-refractivity contribution < 1.29 is 23.1 Å². The first-order valence-corrected chi connectivity index (χ1v) is 10.00. The van der Waals surface area contributed by atoms with E-state index in [4.69, 9.17) is 10.1 Å². The fraction of sp³-hybridized carbons (Fsp3) is 0.632. The van der Waals surface area contributed by atoms with Gasteiger partial charge in [0.25, 0.3) is 5.92 Å². The van der Waals surface area contributed by atoms with E-state index < -0.39 is 35.0 Å². The van der Waals surface area contributed by atoms with Crippen LogP contribution in [0.3, 0.4) is 0 Å². The topological polar surface area (TPSA) is 82.5 Å². The Kier molecular flexibility index (Phi) is 5.02. The quantitative estimate of drug-likeness (QED) is 0.737. The minimum Gasteiger partial charge on any atom is -0.444 e. The lowest BCUT2D eigenvalue weighted by Crippen LogP contribution is -2.47. The Balaban J connectivity index is 1.70. The van der Waals surface area contributed by atoms with E-state index in [1.165, 1.54) is 11.3 Å². The van der Waals surface area contributed by atoms with Crippen LogP contribution in [0.2, 0.25) is 0 Å². The maximum Gasteiger partial charge on any atom is 0.410 e. The molecule has 1 aromatic heterocycles. The Morgan fingerprint density at radius 3 is 2.57 bits per heavy atom. The average Bonchev–Trinajstić information content (AvgIpc) is 2.96. The molecule has 9 heteroatoms. The largest absolute Gasteiger partial charge is 0.444 e. The first-order valence-electron chi connectivity index (χ1n) is 9.12. The van der Waals surface area contributed by atoms with Crippen LogP contribution in [-0.2, 0) is 16.1 Å². The number of carbonyl (C=O) groups excluding carboxylic acids is 2. The number of nitrogens with one attached hydrogen (secondary N) is 2. The van der Waals surface area contributed by atoms with Crippen molar-refractivity contribution in [3.05, 3.63) is 21.9 Å². The van der Waals surface area contributed by atoms with Crippen LogP contribution in [-0.4, -0.2) is 46.7 Å². The average molecular weight is 413 g/mol. The highest BCUT2D eigenvalue weighted by Crippen LogP contribution is 2.66. The van der Waals surface area contributed by atoms with Gasteiger partial charge in [0.2, 0.25) is 5.91 Å². The molecule has 2 amide bonds. The fourth-order valence-corrected chi connectivity index (χ4v) is 4.34. The van der Waals surface area contributed by atoms with Gasteiger partial charge in [0.05, 0.1) is 12.0 Å². The molecule has 1 aliphatic heterocycles. The molecule has 2 N–H and O–H groups in total. The second kappa shape index (κ2) is 6.79. The van der Waals surface area contributed by atoms with Crippen LogP contribution in [0.25, 0.3) is 0 Å². The van der Waals surface area contributed by atoms with E-state index in [2.05, 4.69) is 5.32 Å². The maximum atomic E-state index is 13.9. The SMILES string of the molecule is CC(=N)c1csc(CNC(=O)[C@@H]2C[C@]3(CN2C(=O)OC(C)(C)C)CC3(F)F)c1. The summed E-state index contributed by atoms with van der Waals surface area (Å²) >= 11 is 1.41. The van der Waals surface area contributed by atoms with E-state index in [0.717, 1.165) is 15.3 Å². The predicted molar refractivity (Wildman–Crippen MR) is 102 cm³/mol. The second-order valence-corrected chi connectivity index (χ2v) is 9.63. The fourth-order valence-electron chi connectivity index (χ4n) is 3.46. The molecule has 0 aromatic carbocycles. The smallest absolute Gasteiger partial charge is 0.410 e. The molecular formula is C19H25F2N3O3S. The minimum atomic E-state index is -2.85. The highest BCUT2D eigenvalue weighted by atomic mass is 32.1. The second-order valence-electron chi connectivity index (χ2n) is 8.63. The van der Waals surface area contributed by atoms with E-state index in [-0.39, 0.29) is 25.9 Å².